The van der Waals surface area contributed by atoms with Gasteiger partial charge in [-0.05, 0) is 0 Å². The number of hydrogen-bond donors (Lipinski definition) is 3. The summed E-state index contributed by atoms with van der Waals surface area (Å²) in [5, 5.41) is 28.7. The summed E-state index contributed by atoms with van der Waals surface area (Å²) in [5.41, 5.74) is -1.90. The van der Waals surface area contributed by atoms with Gasteiger partial charge in [-0.3, -0.25) is 4.57 Å². The minimum Gasteiger partial charge on any atom is -0.394 e. The number of aliphatic hydroxyl groups is 3. The van der Waals surface area contributed by atoms with E-state index >= 15 is 0 Å². The van der Waals surface area contributed by atoms with E-state index in [-0.39, 0.29) is 5.65 Å². The predicted molar refractivity (Wildman–Crippen MR) is 63.3 cm³/mol. The van der Waals surface area contributed by atoms with Crippen LogP contribution in [0.3, 0.4) is 0 Å². The summed E-state index contributed by atoms with van der Waals surface area (Å²) < 4.78 is 44.9. The second-order valence-corrected chi connectivity index (χ2v) is 4.77. The number of aliphatic hydroxyl groups excluding tert-OH is 3. The summed E-state index contributed by atoms with van der Waals surface area (Å²) in [6.07, 6.45) is -8.06. The minimum atomic E-state index is -4.71. The number of ether oxygens (including phenoxy) is 1. The van der Waals surface area contributed by atoms with Crippen LogP contribution in [0.15, 0.2) is 12.7 Å². The Labute approximate surface area is 120 Å². The molecule has 0 unspecified atom stereocenters. The lowest BCUT2D eigenvalue weighted by Crippen LogP contribution is -2.33. The molecule has 0 amide bonds. The van der Waals surface area contributed by atoms with E-state index in [9.17, 15) is 23.4 Å². The summed E-state index contributed by atoms with van der Waals surface area (Å²) in [6.45, 7) is -0.551. The fourth-order valence-electron chi connectivity index (χ4n) is 2.36. The molecule has 0 aliphatic carbocycles. The van der Waals surface area contributed by atoms with Gasteiger partial charge < -0.3 is 20.1 Å². The van der Waals surface area contributed by atoms with Crippen molar-refractivity contribution in [2.75, 3.05) is 6.61 Å². The summed E-state index contributed by atoms with van der Waals surface area (Å²) in [6, 6.07) is 0. The third-order valence-corrected chi connectivity index (χ3v) is 3.42. The molecule has 0 bridgehead atoms. The molecule has 1 saturated heterocycles. The van der Waals surface area contributed by atoms with Gasteiger partial charge in [0.1, 0.15) is 30.2 Å². The molecule has 4 atom stereocenters. The Balaban J connectivity index is 2.07. The number of alkyl halides is 3. The van der Waals surface area contributed by atoms with Gasteiger partial charge in [-0.25, -0.2) is 15.0 Å². The van der Waals surface area contributed by atoms with Gasteiger partial charge in [0.05, 0.1) is 12.9 Å². The molecule has 2 aromatic heterocycles. The second kappa shape index (κ2) is 5.12. The monoisotopic (exact) mass is 320 g/mol. The van der Waals surface area contributed by atoms with Crippen LogP contribution in [0.4, 0.5) is 13.2 Å². The van der Waals surface area contributed by atoms with Crippen LogP contribution in [-0.4, -0.2) is 59.8 Å². The molecule has 3 rings (SSSR count). The van der Waals surface area contributed by atoms with Gasteiger partial charge >= 0.3 is 6.18 Å². The molecule has 0 spiro atoms. The molecule has 3 heterocycles. The summed E-state index contributed by atoms with van der Waals surface area (Å²) in [7, 11) is 0. The normalized spacial score (nSPS) is 29.4. The van der Waals surface area contributed by atoms with Crippen molar-refractivity contribution in [2.24, 2.45) is 0 Å². The van der Waals surface area contributed by atoms with E-state index in [0.717, 1.165) is 17.2 Å². The van der Waals surface area contributed by atoms with Gasteiger partial charge in [0, 0.05) is 0 Å². The van der Waals surface area contributed by atoms with Crippen molar-refractivity contribution in [2.45, 2.75) is 30.7 Å². The van der Waals surface area contributed by atoms with Gasteiger partial charge in [-0.15, -0.1) is 0 Å². The third kappa shape index (κ3) is 2.22. The molecule has 0 saturated carbocycles. The summed E-state index contributed by atoms with van der Waals surface area (Å²) in [5.74, 6) is 0. The Kier molecular flexibility index (Phi) is 3.51. The smallest absolute Gasteiger partial charge is 0.394 e. The topological polar surface area (TPSA) is 114 Å². The molecule has 2 aromatic rings. The van der Waals surface area contributed by atoms with E-state index in [0.29, 0.717) is 0 Å². The van der Waals surface area contributed by atoms with Gasteiger partial charge in [0.2, 0.25) is 0 Å². The highest BCUT2D eigenvalue weighted by Gasteiger charge is 2.44. The number of hydrogen-bond acceptors (Lipinski definition) is 7. The molecule has 0 radical (unpaired) electrons. The molecule has 1 aliphatic heterocycles. The highest BCUT2D eigenvalue weighted by Crippen LogP contribution is 2.35. The zero-order valence-electron chi connectivity index (χ0n) is 10.8. The molecule has 3 N–H and O–H groups in total. The van der Waals surface area contributed by atoms with Crippen LogP contribution < -0.4 is 0 Å². The van der Waals surface area contributed by atoms with Crippen LogP contribution >= 0.6 is 0 Å². The highest BCUT2D eigenvalue weighted by atomic mass is 19.4. The van der Waals surface area contributed by atoms with E-state index in [4.69, 9.17) is 9.84 Å². The van der Waals surface area contributed by atoms with E-state index in [1.54, 1.807) is 0 Å². The summed E-state index contributed by atoms with van der Waals surface area (Å²) >= 11 is 0. The lowest BCUT2D eigenvalue weighted by Gasteiger charge is -2.16. The molecule has 0 aromatic carbocycles. The largest absolute Gasteiger partial charge is 0.435 e. The molecular weight excluding hydrogens is 309 g/mol. The zero-order valence-corrected chi connectivity index (χ0v) is 10.8. The Morgan fingerprint density at radius 3 is 2.50 bits per heavy atom. The fourth-order valence-corrected chi connectivity index (χ4v) is 2.36. The average Bonchev–Trinajstić information content (AvgIpc) is 3.00. The average molecular weight is 320 g/mol. The SMILES string of the molecule is OC[C@H]1O[C@@H](n2cnc3c(C(F)(F)F)ncnc32)[C@@H](O)[C@@H]1O. The van der Waals surface area contributed by atoms with Crippen molar-refractivity contribution in [1.29, 1.82) is 0 Å². The molecular formula is C11H11F3N4O4. The van der Waals surface area contributed by atoms with Crippen molar-refractivity contribution >= 4 is 11.2 Å². The Morgan fingerprint density at radius 1 is 1.18 bits per heavy atom. The molecule has 120 valence electrons. The van der Waals surface area contributed by atoms with Crippen LogP contribution in [0.25, 0.3) is 11.2 Å². The van der Waals surface area contributed by atoms with Gasteiger partial charge in [0.15, 0.2) is 17.6 Å². The van der Waals surface area contributed by atoms with Gasteiger partial charge in [-0.1, -0.05) is 0 Å². The molecule has 11 heteroatoms. The van der Waals surface area contributed by atoms with Crippen molar-refractivity contribution < 1.29 is 33.2 Å². The minimum absolute atomic E-state index is 0.197. The van der Waals surface area contributed by atoms with E-state index in [1.165, 1.54) is 0 Å². The molecule has 1 fully saturated rings. The number of halogens is 3. The zero-order chi connectivity index (χ0) is 16.1. The Hall–Kier alpha value is -1.82. The first-order valence-corrected chi connectivity index (χ1v) is 6.21. The van der Waals surface area contributed by atoms with Crippen molar-refractivity contribution in [3.8, 4) is 0 Å². The Morgan fingerprint density at radius 2 is 1.91 bits per heavy atom. The van der Waals surface area contributed by atoms with Crippen LogP contribution in [0, 0.1) is 0 Å². The predicted octanol–water partition coefficient (Wildman–Crippen LogP) is -0.543. The van der Waals surface area contributed by atoms with Crippen molar-refractivity contribution in [1.82, 2.24) is 19.5 Å². The molecule has 22 heavy (non-hydrogen) atoms. The number of rotatable bonds is 2. The maximum atomic E-state index is 12.9. The number of imidazole rings is 1. The fraction of sp³-hybridized carbons (Fsp3) is 0.545. The first-order valence-electron chi connectivity index (χ1n) is 6.21. The van der Waals surface area contributed by atoms with Crippen LogP contribution in [0.1, 0.15) is 11.9 Å². The lowest BCUT2D eigenvalue weighted by molar-refractivity contribution is -0.140. The van der Waals surface area contributed by atoms with Crippen LogP contribution in [-0.2, 0) is 10.9 Å². The second-order valence-electron chi connectivity index (χ2n) is 4.77. The molecule has 8 nitrogen and oxygen atoms in total. The van der Waals surface area contributed by atoms with Crippen LogP contribution in [0.5, 0.6) is 0 Å². The van der Waals surface area contributed by atoms with Gasteiger partial charge in [0.25, 0.3) is 0 Å². The van der Waals surface area contributed by atoms with Gasteiger partial charge in [-0.2, -0.15) is 13.2 Å². The molecule has 1 aliphatic rings. The van der Waals surface area contributed by atoms with Crippen LogP contribution in [0.2, 0.25) is 0 Å². The Bertz CT molecular complexity index is 692. The summed E-state index contributed by atoms with van der Waals surface area (Å²) in [4.78, 5) is 10.5. The van der Waals surface area contributed by atoms with Crippen molar-refractivity contribution in [3.05, 3.63) is 18.3 Å². The van der Waals surface area contributed by atoms with E-state index in [1.807, 2.05) is 0 Å². The lowest BCUT2D eigenvalue weighted by atomic mass is 10.1. The highest BCUT2D eigenvalue weighted by molar-refractivity contribution is 5.73. The first kappa shape index (κ1) is 15.1. The first-order chi connectivity index (χ1) is 10.3. The number of aromatic nitrogens is 4. The standard InChI is InChI=1S/C11H11F3N4O4/c12-11(13,14)8-5-9(16-2-15-8)18(3-17-5)10-7(21)6(20)4(1-19)22-10/h2-4,6-7,10,19-21H,1H2/t4-,6-,7+,10-/m1/s1. The number of nitrogens with zero attached hydrogens (tertiary/aromatic N) is 4. The van der Waals surface area contributed by atoms with E-state index < -0.39 is 48.5 Å². The quantitative estimate of drug-likeness (QED) is 0.681. The van der Waals surface area contributed by atoms with E-state index in [2.05, 4.69) is 15.0 Å². The third-order valence-electron chi connectivity index (χ3n) is 3.42. The number of fused-ring (bicyclic) bond motifs is 1. The maximum absolute atomic E-state index is 12.9. The van der Waals surface area contributed by atoms with Crippen molar-refractivity contribution in [3.63, 3.8) is 0 Å². The maximum Gasteiger partial charge on any atom is 0.435 e.